The molecule has 0 bridgehead atoms. The number of hydrogen-bond acceptors (Lipinski definition) is 5. The fourth-order valence-corrected chi connectivity index (χ4v) is 3.78. The predicted octanol–water partition coefficient (Wildman–Crippen LogP) is 4.13. The van der Waals surface area contributed by atoms with Gasteiger partial charge >= 0.3 is 12.6 Å². The number of halogens is 2. The lowest BCUT2D eigenvalue weighted by Gasteiger charge is -2.31. The van der Waals surface area contributed by atoms with Crippen molar-refractivity contribution in [3.63, 3.8) is 0 Å². The summed E-state index contributed by atoms with van der Waals surface area (Å²) in [5, 5.41) is 9.54. The van der Waals surface area contributed by atoms with E-state index in [4.69, 9.17) is 4.74 Å². The molecule has 1 aliphatic heterocycles. The first kappa shape index (κ1) is 19.8. The van der Waals surface area contributed by atoms with Crippen LogP contribution in [-0.4, -0.2) is 34.7 Å². The molecule has 2 aromatic rings. The Hall–Kier alpha value is -3.51. The van der Waals surface area contributed by atoms with Gasteiger partial charge in [0.15, 0.2) is 5.75 Å². The first-order valence-electron chi connectivity index (χ1n) is 9.37. The summed E-state index contributed by atoms with van der Waals surface area (Å²) >= 11 is 0. The topological polar surface area (TPSA) is 79.7 Å². The fraction of sp³-hybridized carbons (Fsp3) is 0.273. The summed E-state index contributed by atoms with van der Waals surface area (Å²) in [6.45, 7) is 0.497. The van der Waals surface area contributed by atoms with Gasteiger partial charge in [0.05, 0.1) is 16.8 Å². The number of carboxylic acid groups (broad SMARTS) is 1. The number of hydrogen-bond donors (Lipinski definition) is 1. The molecule has 0 unspecified atom stereocenters. The second-order valence-electron chi connectivity index (χ2n) is 7.32. The number of fused-ring (bicyclic) bond motifs is 1. The number of nitrogens with zero attached hydrogens (tertiary/aromatic N) is 2. The quantitative estimate of drug-likeness (QED) is 0.744. The lowest BCUT2D eigenvalue weighted by atomic mass is 9.90. The summed E-state index contributed by atoms with van der Waals surface area (Å²) in [5.74, 6) is 0.277. The van der Waals surface area contributed by atoms with Crippen LogP contribution in [0.2, 0.25) is 0 Å². The monoisotopic (exact) mass is 412 g/mol. The number of rotatable bonds is 5. The SMILES string of the molecule is Cc1cc(-c2ccc3c(c2OC(F)F)N(C2CC2)C=C(C(=O)O)C3=C=O)cc(C)n1. The summed E-state index contributed by atoms with van der Waals surface area (Å²) in [5.41, 5.74) is 2.52. The Labute approximate surface area is 171 Å². The molecule has 0 saturated heterocycles. The van der Waals surface area contributed by atoms with E-state index in [1.807, 2.05) is 0 Å². The van der Waals surface area contributed by atoms with Gasteiger partial charge in [-0.15, -0.1) is 0 Å². The van der Waals surface area contributed by atoms with E-state index in [1.54, 1.807) is 49.0 Å². The van der Waals surface area contributed by atoms with E-state index in [0.717, 1.165) is 12.8 Å². The van der Waals surface area contributed by atoms with Crippen LogP contribution in [0, 0.1) is 13.8 Å². The van der Waals surface area contributed by atoms with Crippen LogP contribution in [-0.2, 0) is 9.59 Å². The maximum atomic E-state index is 13.4. The zero-order valence-electron chi connectivity index (χ0n) is 16.3. The fourth-order valence-electron chi connectivity index (χ4n) is 3.78. The van der Waals surface area contributed by atoms with Gasteiger partial charge in [0.2, 0.25) is 0 Å². The Morgan fingerprint density at radius 2 is 1.87 bits per heavy atom. The summed E-state index contributed by atoms with van der Waals surface area (Å²) in [6.07, 6.45) is 2.86. The van der Waals surface area contributed by atoms with E-state index >= 15 is 0 Å². The number of alkyl halides is 2. The van der Waals surface area contributed by atoms with Crippen LogP contribution in [0.25, 0.3) is 16.7 Å². The lowest BCUT2D eigenvalue weighted by molar-refractivity contribution is -0.132. The number of carbonyl (C=O) groups is 1. The Morgan fingerprint density at radius 3 is 2.40 bits per heavy atom. The molecule has 1 saturated carbocycles. The van der Waals surface area contributed by atoms with Gasteiger partial charge < -0.3 is 14.7 Å². The highest BCUT2D eigenvalue weighted by Crippen LogP contribution is 2.50. The Balaban J connectivity index is 2.02. The van der Waals surface area contributed by atoms with Crippen LogP contribution >= 0.6 is 0 Å². The molecule has 0 atom stereocenters. The van der Waals surface area contributed by atoms with E-state index < -0.39 is 12.6 Å². The number of benzene rings is 1. The van der Waals surface area contributed by atoms with Gasteiger partial charge in [0.25, 0.3) is 0 Å². The highest BCUT2D eigenvalue weighted by molar-refractivity contribution is 6.17. The van der Waals surface area contributed by atoms with E-state index in [9.17, 15) is 23.5 Å². The number of anilines is 1. The second-order valence-corrected chi connectivity index (χ2v) is 7.32. The number of carboxylic acids is 1. The van der Waals surface area contributed by atoms with E-state index in [2.05, 4.69) is 4.98 Å². The van der Waals surface area contributed by atoms with E-state index in [0.29, 0.717) is 22.5 Å². The number of aromatic nitrogens is 1. The van der Waals surface area contributed by atoms with Gasteiger partial charge in [0.1, 0.15) is 5.94 Å². The molecule has 1 aliphatic carbocycles. The summed E-state index contributed by atoms with van der Waals surface area (Å²) in [7, 11) is 0. The molecule has 8 heteroatoms. The largest absolute Gasteiger partial charge is 0.478 e. The Morgan fingerprint density at radius 1 is 1.23 bits per heavy atom. The molecule has 0 spiro atoms. The zero-order valence-corrected chi connectivity index (χ0v) is 16.3. The van der Waals surface area contributed by atoms with Gasteiger partial charge in [-0.05, 0) is 50.5 Å². The molecular weight excluding hydrogens is 394 g/mol. The standard InChI is InChI=1S/C22H18F2N2O4/c1-11-7-13(8-12(2)25-11)15-5-6-16-18(10-27)17(21(28)29)9-26(14-3-4-14)19(16)20(15)30-22(23)24/h5-9,14,22H,3-4H2,1-2H3,(H,28,29). The first-order valence-corrected chi connectivity index (χ1v) is 9.37. The van der Waals surface area contributed by atoms with Crippen molar-refractivity contribution in [1.29, 1.82) is 0 Å². The minimum absolute atomic E-state index is 0.0533. The van der Waals surface area contributed by atoms with Gasteiger partial charge in [-0.2, -0.15) is 8.78 Å². The van der Waals surface area contributed by atoms with E-state index in [-0.39, 0.29) is 34.2 Å². The normalized spacial score (nSPS) is 15.6. The molecule has 6 nitrogen and oxygen atoms in total. The number of aryl methyl sites for hydroxylation is 2. The average Bonchev–Trinajstić information content (AvgIpc) is 3.50. The van der Waals surface area contributed by atoms with Crippen molar-refractivity contribution in [2.45, 2.75) is 39.3 Å². The highest BCUT2D eigenvalue weighted by atomic mass is 19.3. The first-order chi connectivity index (χ1) is 14.3. The minimum Gasteiger partial charge on any atom is -0.478 e. The maximum absolute atomic E-state index is 13.4. The Kier molecular flexibility index (Phi) is 4.87. The maximum Gasteiger partial charge on any atom is 0.387 e. The molecule has 1 N–H and O–H groups in total. The van der Waals surface area contributed by atoms with Crippen molar-refractivity contribution in [1.82, 2.24) is 4.98 Å². The number of ether oxygens (including phenoxy) is 1. The van der Waals surface area contributed by atoms with Crippen molar-refractivity contribution in [3.05, 3.63) is 53.0 Å². The van der Waals surface area contributed by atoms with Gasteiger partial charge in [-0.3, -0.25) is 4.98 Å². The number of aliphatic carboxylic acids is 1. The molecular formula is C22H18F2N2O4. The summed E-state index contributed by atoms with van der Waals surface area (Å²) in [6, 6.07) is 6.57. The molecule has 30 heavy (non-hydrogen) atoms. The van der Waals surface area contributed by atoms with Crippen molar-refractivity contribution >= 4 is 23.2 Å². The van der Waals surface area contributed by atoms with Gasteiger partial charge in [-0.1, -0.05) is 6.07 Å². The number of carbonyl (C=O) groups excluding carboxylic acids is 1. The zero-order chi connectivity index (χ0) is 21.6. The van der Waals surface area contributed by atoms with Gasteiger partial charge in [-0.25, -0.2) is 9.59 Å². The molecule has 1 aromatic heterocycles. The van der Waals surface area contributed by atoms with Crippen LogP contribution in [0.15, 0.2) is 36.0 Å². The third kappa shape index (κ3) is 3.46. The van der Waals surface area contributed by atoms with E-state index in [1.165, 1.54) is 6.20 Å². The minimum atomic E-state index is -3.10. The van der Waals surface area contributed by atoms with Crippen molar-refractivity contribution < 1.29 is 28.2 Å². The van der Waals surface area contributed by atoms with Crippen LogP contribution in [0.4, 0.5) is 14.5 Å². The predicted molar refractivity (Wildman–Crippen MR) is 106 cm³/mol. The van der Waals surface area contributed by atoms with Gasteiger partial charge in [0, 0.05) is 34.8 Å². The molecule has 0 amide bonds. The molecule has 4 rings (SSSR count). The third-order valence-electron chi connectivity index (χ3n) is 5.07. The second kappa shape index (κ2) is 7.39. The average molecular weight is 412 g/mol. The summed E-state index contributed by atoms with van der Waals surface area (Å²) in [4.78, 5) is 29.3. The molecule has 1 fully saturated rings. The van der Waals surface area contributed by atoms with Crippen LogP contribution in [0.3, 0.4) is 0 Å². The van der Waals surface area contributed by atoms with Crippen molar-refractivity contribution in [3.8, 4) is 16.9 Å². The smallest absolute Gasteiger partial charge is 0.387 e. The third-order valence-corrected chi connectivity index (χ3v) is 5.07. The van der Waals surface area contributed by atoms with Crippen LogP contribution < -0.4 is 9.64 Å². The van der Waals surface area contributed by atoms with Crippen LogP contribution in [0.1, 0.15) is 29.8 Å². The summed E-state index contributed by atoms with van der Waals surface area (Å²) < 4.78 is 31.8. The molecule has 1 aromatic carbocycles. The van der Waals surface area contributed by atoms with Crippen molar-refractivity contribution in [2.24, 2.45) is 0 Å². The van der Waals surface area contributed by atoms with Crippen molar-refractivity contribution in [2.75, 3.05) is 4.90 Å². The van der Waals surface area contributed by atoms with Crippen LogP contribution in [0.5, 0.6) is 5.75 Å². The molecule has 2 aliphatic rings. The molecule has 2 heterocycles. The molecule has 0 radical (unpaired) electrons. The number of pyridine rings is 1. The highest BCUT2D eigenvalue weighted by Gasteiger charge is 2.38. The molecule has 154 valence electrons. The Bertz CT molecular complexity index is 1110. The lowest BCUT2D eigenvalue weighted by Crippen LogP contribution is -2.27.